The Morgan fingerprint density at radius 1 is 1.09 bits per heavy atom. The number of nitrogens with zero attached hydrogens (tertiary/aromatic N) is 6. The summed E-state index contributed by atoms with van der Waals surface area (Å²) in [5, 5.41) is 15.3. The summed E-state index contributed by atoms with van der Waals surface area (Å²) in [7, 11) is 0. The lowest BCUT2D eigenvalue weighted by molar-refractivity contribution is -0.116. The molecule has 0 saturated heterocycles. The van der Waals surface area contributed by atoms with Gasteiger partial charge < -0.3 is 5.32 Å². The molecule has 0 radical (unpaired) electrons. The molecule has 0 atom stereocenters. The Labute approximate surface area is 194 Å². The van der Waals surface area contributed by atoms with E-state index in [2.05, 4.69) is 44.5 Å². The van der Waals surface area contributed by atoms with E-state index in [4.69, 9.17) is 0 Å². The molecule has 0 saturated carbocycles. The monoisotopic (exact) mass is 457 g/mol. The number of nitrogens with one attached hydrogen (secondary N) is 1. The van der Waals surface area contributed by atoms with E-state index >= 15 is 0 Å². The molecule has 9 heteroatoms. The highest BCUT2D eigenvalue weighted by molar-refractivity contribution is 7.14. The van der Waals surface area contributed by atoms with Crippen LogP contribution in [0.4, 0.5) is 5.13 Å². The topological polar surface area (TPSA) is 90.5 Å². The molecule has 1 aromatic carbocycles. The summed E-state index contributed by atoms with van der Waals surface area (Å²) in [6, 6.07) is 12.1. The van der Waals surface area contributed by atoms with Gasteiger partial charge in [-0.25, -0.2) is 14.6 Å². The molecule has 0 bridgehead atoms. The minimum atomic E-state index is -0.201. The molecule has 5 aromatic rings. The first-order valence-corrected chi connectivity index (χ1v) is 11.6. The summed E-state index contributed by atoms with van der Waals surface area (Å²) in [4.78, 5) is 21.9. The number of anilines is 1. The molecule has 4 heterocycles. The predicted molar refractivity (Wildman–Crippen MR) is 130 cm³/mol. The number of hydrogen-bond acceptors (Lipinski definition) is 6. The molecule has 0 unspecified atom stereocenters. The van der Waals surface area contributed by atoms with E-state index in [1.807, 2.05) is 54.4 Å². The molecular weight excluding hydrogens is 434 g/mol. The van der Waals surface area contributed by atoms with Crippen LogP contribution in [0.15, 0.2) is 54.2 Å². The van der Waals surface area contributed by atoms with E-state index in [1.165, 1.54) is 11.3 Å². The maximum Gasteiger partial charge on any atom is 0.247 e. The lowest BCUT2D eigenvalue weighted by Crippen LogP contribution is -2.19. The standard InChI is InChI=1S/C24H23N7OS/c1-4-30-16(3)19(12-26-30)20-14-33-24(27-20)28-21(32)13-31-23-22(15(2)29-31)18(10-11-25-23)17-8-6-5-7-9-17/h5-12,14H,4,13H2,1-3H3,(H,27,28,32). The number of carbonyl (C=O) groups is 1. The van der Waals surface area contributed by atoms with Crippen molar-refractivity contribution in [2.24, 2.45) is 0 Å². The Bertz CT molecular complexity index is 1450. The molecule has 166 valence electrons. The zero-order valence-electron chi connectivity index (χ0n) is 18.6. The van der Waals surface area contributed by atoms with Crippen molar-refractivity contribution in [3.8, 4) is 22.4 Å². The highest BCUT2D eigenvalue weighted by Crippen LogP contribution is 2.30. The van der Waals surface area contributed by atoms with Crippen LogP contribution in [-0.4, -0.2) is 35.4 Å². The van der Waals surface area contributed by atoms with Crippen LogP contribution < -0.4 is 5.32 Å². The van der Waals surface area contributed by atoms with Crippen molar-refractivity contribution in [3.63, 3.8) is 0 Å². The van der Waals surface area contributed by atoms with E-state index in [9.17, 15) is 4.79 Å². The van der Waals surface area contributed by atoms with Gasteiger partial charge in [0.15, 0.2) is 10.8 Å². The summed E-state index contributed by atoms with van der Waals surface area (Å²) >= 11 is 1.39. The summed E-state index contributed by atoms with van der Waals surface area (Å²) in [6.45, 7) is 6.87. The zero-order valence-corrected chi connectivity index (χ0v) is 19.4. The van der Waals surface area contributed by atoms with Crippen LogP contribution in [0, 0.1) is 13.8 Å². The molecule has 4 aromatic heterocycles. The first kappa shape index (κ1) is 21.0. The maximum absolute atomic E-state index is 12.8. The summed E-state index contributed by atoms with van der Waals surface area (Å²) in [5.41, 5.74) is 6.50. The molecule has 0 aliphatic rings. The Morgan fingerprint density at radius 2 is 1.91 bits per heavy atom. The second kappa shape index (κ2) is 8.59. The predicted octanol–water partition coefficient (Wildman–Crippen LogP) is 4.69. The van der Waals surface area contributed by atoms with Gasteiger partial charge in [0.05, 0.1) is 17.6 Å². The van der Waals surface area contributed by atoms with Crippen molar-refractivity contribution in [1.82, 2.24) is 29.5 Å². The van der Waals surface area contributed by atoms with Crippen molar-refractivity contribution >= 4 is 33.4 Å². The molecule has 0 fully saturated rings. The van der Waals surface area contributed by atoms with Crippen LogP contribution in [0.2, 0.25) is 0 Å². The second-order valence-corrected chi connectivity index (χ2v) is 8.57. The molecular formula is C24H23N7OS. The van der Waals surface area contributed by atoms with Gasteiger partial charge in [-0.3, -0.25) is 9.48 Å². The molecule has 5 rings (SSSR count). The molecule has 33 heavy (non-hydrogen) atoms. The average molecular weight is 458 g/mol. The van der Waals surface area contributed by atoms with E-state index < -0.39 is 0 Å². The highest BCUT2D eigenvalue weighted by Gasteiger charge is 2.17. The summed E-state index contributed by atoms with van der Waals surface area (Å²) < 4.78 is 3.57. The van der Waals surface area contributed by atoms with Crippen LogP contribution in [0.3, 0.4) is 0 Å². The number of aromatic nitrogens is 6. The van der Waals surface area contributed by atoms with Crippen molar-refractivity contribution in [2.75, 3.05) is 5.32 Å². The lowest BCUT2D eigenvalue weighted by Gasteiger charge is -2.05. The number of benzene rings is 1. The highest BCUT2D eigenvalue weighted by atomic mass is 32.1. The van der Waals surface area contributed by atoms with Crippen molar-refractivity contribution < 1.29 is 4.79 Å². The Kier molecular flexibility index (Phi) is 5.47. The summed E-state index contributed by atoms with van der Waals surface area (Å²) in [5.74, 6) is -0.201. The van der Waals surface area contributed by atoms with E-state index in [0.717, 1.165) is 45.7 Å². The van der Waals surface area contributed by atoms with Gasteiger partial charge in [0.25, 0.3) is 0 Å². The number of carbonyl (C=O) groups excluding carboxylic acids is 1. The van der Waals surface area contributed by atoms with Gasteiger partial charge in [-0.1, -0.05) is 30.3 Å². The number of hydrogen-bond donors (Lipinski definition) is 1. The first-order chi connectivity index (χ1) is 16.0. The van der Waals surface area contributed by atoms with E-state index in [-0.39, 0.29) is 12.5 Å². The van der Waals surface area contributed by atoms with E-state index in [1.54, 1.807) is 10.9 Å². The van der Waals surface area contributed by atoms with Crippen LogP contribution in [-0.2, 0) is 17.9 Å². The zero-order chi connectivity index (χ0) is 22.9. The van der Waals surface area contributed by atoms with Crippen LogP contribution in [0.1, 0.15) is 18.3 Å². The lowest BCUT2D eigenvalue weighted by atomic mass is 10.0. The SMILES string of the molecule is CCn1ncc(-c2csc(NC(=O)Cn3nc(C)c4c(-c5ccccc5)ccnc43)n2)c1C. The molecule has 0 aliphatic carbocycles. The van der Waals surface area contributed by atoms with Crippen LogP contribution in [0.25, 0.3) is 33.4 Å². The number of amides is 1. The quantitative estimate of drug-likeness (QED) is 0.399. The summed E-state index contributed by atoms with van der Waals surface area (Å²) in [6.07, 6.45) is 3.57. The van der Waals surface area contributed by atoms with Crippen molar-refractivity contribution in [3.05, 3.63) is 65.6 Å². The minimum Gasteiger partial charge on any atom is -0.300 e. The fraction of sp³-hybridized carbons (Fsp3) is 0.208. The average Bonchev–Trinajstić information content (AvgIpc) is 3.52. The number of pyridine rings is 1. The van der Waals surface area contributed by atoms with Gasteiger partial charge in [0.2, 0.25) is 5.91 Å². The third-order valence-corrected chi connectivity index (χ3v) is 6.37. The van der Waals surface area contributed by atoms with Crippen LogP contribution >= 0.6 is 11.3 Å². The van der Waals surface area contributed by atoms with Gasteiger partial charge in [-0.15, -0.1) is 11.3 Å². The third-order valence-electron chi connectivity index (χ3n) is 5.62. The molecule has 0 aliphatic heterocycles. The van der Waals surface area contributed by atoms with Crippen molar-refractivity contribution in [1.29, 1.82) is 0 Å². The van der Waals surface area contributed by atoms with Gasteiger partial charge >= 0.3 is 0 Å². The maximum atomic E-state index is 12.8. The Morgan fingerprint density at radius 3 is 2.67 bits per heavy atom. The fourth-order valence-electron chi connectivity index (χ4n) is 4.02. The number of rotatable bonds is 6. The number of fused-ring (bicyclic) bond motifs is 1. The first-order valence-electron chi connectivity index (χ1n) is 10.7. The largest absolute Gasteiger partial charge is 0.300 e. The number of aryl methyl sites for hydroxylation is 2. The fourth-order valence-corrected chi connectivity index (χ4v) is 4.74. The van der Waals surface area contributed by atoms with Gasteiger partial charge in [-0.05, 0) is 38.0 Å². The molecule has 1 N–H and O–H groups in total. The van der Waals surface area contributed by atoms with Gasteiger partial charge in [-0.2, -0.15) is 10.2 Å². The second-order valence-electron chi connectivity index (χ2n) is 7.71. The third kappa shape index (κ3) is 3.91. The minimum absolute atomic E-state index is 0.0529. The normalized spacial score (nSPS) is 11.2. The Balaban J connectivity index is 1.37. The number of thiazole rings is 1. The smallest absolute Gasteiger partial charge is 0.247 e. The molecule has 1 amide bonds. The molecule has 0 spiro atoms. The van der Waals surface area contributed by atoms with Gasteiger partial charge in [0.1, 0.15) is 6.54 Å². The van der Waals surface area contributed by atoms with Gasteiger partial charge in [0, 0.05) is 34.8 Å². The van der Waals surface area contributed by atoms with Crippen LogP contribution in [0.5, 0.6) is 0 Å². The van der Waals surface area contributed by atoms with Crippen molar-refractivity contribution in [2.45, 2.75) is 33.9 Å². The molecule has 8 nitrogen and oxygen atoms in total. The Hall–Kier alpha value is -3.85. The van der Waals surface area contributed by atoms with E-state index in [0.29, 0.717) is 10.8 Å².